The molecule has 210 valence electrons. The predicted octanol–water partition coefficient (Wildman–Crippen LogP) is 5.87. The average molecular weight is 574 g/mol. The Morgan fingerprint density at radius 1 is 1.00 bits per heavy atom. The molecule has 12 heteroatoms. The number of nitrogens with one attached hydrogen (secondary N) is 1. The van der Waals surface area contributed by atoms with Crippen LogP contribution in [0.25, 0.3) is 0 Å². The third-order valence-electron chi connectivity index (χ3n) is 6.75. The van der Waals surface area contributed by atoms with E-state index in [1.165, 1.54) is 18.4 Å². The number of alkyl halides is 3. The average Bonchev–Trinajstić information content (AvgIpc) is 3.76. The summed E-state index contributed by atoms with van der Waals surface area (Å²) in [5.74, 6) is 1.05. The van der Waals surface area contributed by atoms with Crippen LogP contribution in [0.3, 0.4) is 0 Å². The largest absolute Gasteiger partial charge is 0.573 e. The fourth-order valence-electron chi connectivity index (χ4n) is 4.59. The maximum Gasteiger partial charge on any atom is 0.573 e. The van der Waals surface area contributed by atoms with Gasteiger partial charge in [0.15, 0.2) is 11.5 Å². The van der Waals surface area contributed by atoms with E-state index in [4.69, 9.17) is 9.47 Å². The van der Waals surface area contributed by atoms with E-state index in [-0.39, 0.29) is 11.5 Å². The molecule has 0 saturated heterocycles. The van der Waals surface area contributed by atoms with Crippen LogP contribution >= 0.6 is 0 Å². The van der Waals surface area contributed by atoms with Gasteiger partial charge in [-0.05, 0) is 67.3 Å². The van der Waals surface area contributed by atoms with Crippen molar-refractivity contribution < 1.29 is 36.7 Å². The summed E-state index contributed by atoms with van der Waals surface area (Å²) in [5.41, 5.74) is 1.77. The molecule has 1 aliphatic carbocycles. The summed E-state index contributed by atoms with van der Waals surface area (Å²) in [4.78, 5) is 2.01. The second-order valence-electron chi connectivity index (χ2n) is 9.72. The van der Waals surface area contributed by atoms with Gasteiger partial charge >= 0.3 is 6.36 Å². The maximum atomic E-state index is 14.2. The van der Waals surface area contributed by atoms with Crippen molar-refractivity contribution in [2.45, 2.75) is 36.2 Å². The number of rotatable bonds is 7. The fourth-order valence-corrected chi connectivity index (χ4v) is 6.48. The number of benzene rings is 3. The van der Waals surface area contributed by atoms with Crippen molar-refractivity contribution >= 4 is 21.3 Å². The van der Waals surface area contributed by atoms with Gasteiger partial charge < -0.3 is 24.2 Å². The van der Waals surface area contributed by atoms with E-state index in [2.05, 4.69) is 13.8 Å². The molecule has 0 radical (unpaired) electrons. The molecule has 8 nitrogen and oxygen atoms in total. The van der Waals surface area contributed by atoms with Gasteiger partial charge in [0, 0.05) is 0 Å². The lowest BCUT2D eigenvalue weighted by Gasteiger charge is -2.39. The van der Waals surface area contributed by atoms with Crippen LogP contribution in [0.5, 0.6) is 17.2 Å². The summed E-state index contributed by atoms with van der Waals surface area (Å²) in [6.07, 6.45) is -2.63. The van der Waals surface area contributed by atoms with Crippen molar-refractivity contribution in [1.82, 2.24) is 4.72 Å². The number of nitrogens with zero attached hydrogens (tertiary/aromatic N) is 2. The van der Waals surface area contributed by atoms with Crippen molar-refractivity contribution in [3.63, 3.8) is 0 Å². The van der Waals surface area contributed by atoms with Crippen molar-refractivity contribution in [3.8, 4) is 17.2 Å². The molecule has 40 heavy (non-hydrogen) atoms. The Labute approximate surface area is 229 Å². The fraction of sp³-hybridized carbons (Fsp3) is 0.286. The summed E-state index contributed by atoms with van der Waals surface area (Å²) in [6.45, 7) is 0.312. The highest BCUT2D eigenvalue weighted by molar-refractivity contribution is 7.91. The molecular weight excluding hydrogens is 547 g/mol. The first kappa shape index (κ1) is 26.5. The van der Waals surface area contributed by atoms with E-state index in [0.717, 1.165) is 25.0 Å². The molecule has 0 amide bonds. The summed E-state index contributed by atoms with van der Waals surface area (Å²) in [7, 11) is -3.36. The first-order valence-corrected chi connectivity index (χ1v) is 14.2. The van der Waals surface area contributed by atoms with Crippen molar-refractivity contribution in [2.75, 3.05) is 18.1 Å². The van der Waals surface area contributed by atoms with E-state index in [1.807, 2.05) is 53.4 Å². The topological polar surface area (TPSA) is 92.6 Å². The number of hydrogen-bond donors (Lipinski definition) is 2. The van der Waals surface area contributed by atoms with E-state index in [9.17, 15) is 22.5 Å². The standard InChI is InChI=1S/C28H26F3N3O5S/c29-28(30,31)39-19-11-13-20(14-12-19)40(36,32-15-18-9-10-18)33-21-16-37-17-24(27(21)35)34-22-5-1-3-7-25(22)38-26-8-4-2-6-23(26)34/h1-8,11-14,17-18,21,27,35H,9-10,15-16H2,(H,32,33,36)/t21-,27+,40?/m0/s1. The van der Waals surface area contributed by atoms with Gasteiger partial charge in [-0.2, -0.15) is 0 Å². The lowest BCUT2D eigenvalue weighted by Crippen LogP contribution is -2.51. The second-order valence-corrected chi connectivity index (χ2v) is 11.7. The normalized spacial score (nSPS) is 21.6. The van der Waals surface area contributed by atoms with Crippen molar-refractivity contribution in [3.05, 3.63) is 84.8 Å². The Kier molecular flexibility index (Phi) is 6.85. The Bertz CT molecular complexity index is 1500. The molecule has 0 bridgehead atoms. The zero-order valence-corrected chi connectivity index (χ0v) is 21.9. The maximum absolute atomic E-state index is 14.2. The van der Waals surface area contributed by atoms with Crippen LogP contribution < -0.4 is 19.1 Å². The number of ether oxygens (including phenoxy) is 3. The molecule has 3 aliphatic rings. The Morgan fingerprint density at radius 2 is 1.62 bits per heavy atom. The van der Waals surface area contributed by atoms with Crippen LogP contribution in [0.1, 0.15) is 12.8 Å². The van der Waals surface area contributed by atoms with E-state index in [0.29, 0.717) is 41.0 Å². The minimum absolute atomic E-state index is 0.0104. The number of hydrogen-bond acceptors (Lipinski definition) is 7. The molecule has 2 heterocycles. The molecule has 3 atom stereocenters. The molecule has 1 fully saturated rings. The zero-order chi connectivity index (χ0) is 27.9. The molecule has 1 unspecified atom stereocenters. The Morgan fingerprint density at radius 3 is 2.23 bits per heavy atom. The highest BCUT2D eigenvalue weighted by Crippen LogP contribution is 2.49. The SMILES string of the molecule is O=S(=NCC1CC1)(N[C@H]1COC=C(N2c3ccccc3Oc3ccccc32)[C@@H]1O)c1ccc(OC(F)(F)F)cc1. The Hall–Kier alpha value is -3.74. The third kappa shape index (κ3) is 5.47. The molecule has 3 aromatic carbocycles. The third-order valence-corrected chi connectivity index (χ3v) is 8.80. The Balaban J connectivity index is 1.31. The molecule has 2 aliphatic heterocycles. The number of aliphatic hydroxyl groups excluding tert-OH is 1. The summed E-state index contributed by atoms with van der Waals surface area (Å²) >= 11 is 0. The van der Waals surface area contributed by atoms with E-state index < -0.39 is 34.2 Å². The van der Waals surface area contributed by atoms with Gasteiger partial charge in [-0.3, -0.25) is 0 Å². The molecule has 3 aromatic rings. The molecule has 2 N–H and O–H groups in total. The van der Waals surface area contributed by atoms with Gasteiger partial charge in [0.2, 0.25) is 0 Å². The van der Waals surface area contributed by atoms with Crippen LogP contribution in [0, 0.1) is 5.92 Å². The van der Waals surface area contributed by atoms with Gasteiger partial charge in [-0.1, -0.05) is 24.3 Å². The summed E-state index contributed by atoms with van der Waals surface area (Å²) in [5, 5.41) is 11.6. The molecule has 0 spiro atoms. The van der Waals surface area contributed by atoms with Gasteiger partial charge in [0.25, 0.3) is 0 Å². The van der Waals surface area contributed by atoms with Crippen LogP contribution in [0.2, 0.25) is 0 Å². The van der Waals surface area contributed by atoms with Gasteiger partial charge in [-0.15, -0.1) is 13.2 Å². The number of halogens is 3. The van der Waals surface area contributed by atoms with Crippen molar-refractivity contribution in [2.24, 2.45) is 10.3 Å². The van der Waals surface area contributed by atoms with Crippen LogP contribution in [0.4, 0.5) is 24.5 Å². The summed E-state index contributed by atoms with van der Waals surface area (Å²) in [6, 6.07) is 18.7. The lowest BCUT2D eigenvalue weighted by molar-refractivity contribution is -0.274. The first-order chi connectivity index (χ1) is 19.2. The minimum atomic E-state index is -4.85. The first-order valence-electron chi connectivity index (χ1n) is 12.7. The number of aliphatic hydroxyl groups is 1. The highest BCUT2D eigenvalue weighted by Gasteiger charge is 2.38. The lowest BCUT2D eigenvalue weighted by atomic mass is 10.0. The van der Waals surface area contributed by atoms with Gasteiger partial charge in [-0.25, -0.2) is 13.3 Å². The molecule has 0 aromatic heterocycles. The summed E-state index contributed by atoms with van der Waals surface area (Å²) < 4.78 is 75.4. The predicted molar refractivity (Wildman–Crippen MR) is 142 cm³/mol. The smallest absolute Gasteiger partial charge is 0.497 e. The number of anilines is 2. The quantitative estimate of drug-likeness (QED) is 0.367. The van der Waals surface area contributed by atoms with Crippen molar-refractivity contribution in [1.29, 1.82) is 0 Å². The highest BCUT2D eigenvalue weighted by atomic mass is 32.2. The number of fused-ring (bicyclic) bond motifs is 2. The minimum Gasteiger partial charge on any atom is -0.497 e. The molecule has 1 saturated carbocycles. The molecule has 6 rings (SSSR count). The van der Waals surface area contributed by atoms with Crippen LogP contribution in [-0.2, 0) is 14.7 Å². The van der Waals surface area contributed by atoms with E-state index in [1.54, 1.807) is 0 Å². The molecular formula is C28H26F3N3O5S. The number of para-hydroxylation sites is 4. The van der Waals surface area contributed by atoms with E-state index >= 15 is 0 Å². The monoisotopic (exact) mass is 573 g/mol. The van der Waals surface area contributed by atoms with Gasteiger partial charge in [0.05, 0.1) is 34.6 Å². The van der Waals surface area contributed by atoms with Gasteiger partial charge in [0.1, 0.15) is 34.6 Å². The van der Waals surface area contributed by atoms with Crippen LogP contribution in [0.15, 0.2) is 94.0 Å². The second kappa shape index (κ2) is 10.3. The zero-order valence-electron chi connectivity index (χ0n) is 21.1. The van der Waals surface area contributed by atoms with Crippen LogP contribution in [-0.4, -0.2) is 41.0 Å².